The molecule has 3 aromatic rings. The molecule has 0 spiro atoms. The highest BCUT2D eigenvalue weighted by Gasteiger charge is 2.16. The summed E-state index contributed by atoms with van der Waals surface area (Å²) in [6, 6.07) is 5.48. The van der Waals surface area contributed by atoms with Gasteiger partial charge in [0.05, 0.1) is 11.1 Å². The summed E-state index contributed by atoms with van der Waals surface area (Å²) < 4.78 is 15.1. The smallest absolute Gasteiger partial charge is 0.375 e. The first-order valence-electron chi connectivity index (χ1n) is 5.81. The van der Waals surface area contributed by atoms with Gasteiger partial charge in [-0.25, -0.2) is 4.79 Å². The molecule has 0 aromatic carbocycles. The van der Waals surface area contributed by atoms with Gasteiger partial charge in [0.1, 0.15) is 0 Å². The Labute approximate surface area is 118 Å². The van der Waals surface area contributed by atoms with E-state index in [2.05, 4.69) is 10.1 Å². The van der Waals surface area contributed by atoms with Crippen LogP contribution in [0.4, 0.5) is 0 Å². The number of hydrogen-bond acceptors (Lipinski definition) is 7. The van der Waals surface area contributed by atoms with E-state index >= 15 is 0 Å². The van der Waals surface area contributed by atoms with E-state index in [1.807, 2.05) is 17.5 Å². The molecular formula is C13H10N2O4S. The van der Waals surface area contributed by atoms with Crippen molar-refractivity contribution in [3.8, 4) is 10.7 Å². The number of esters is 1. The van der Waals surface area contributed by atoms with E-state index in [0.717, 1.165) is 10.4 Å². The van der Waals surface area contributed by atoms with Gasteiger partial charge in [-0.2, -0.15) is 4.98 Å². The van der Waals surface area contributed by atoms with Crippen molar-refractivity contribution >= 4 is 17.3 Å². The molecule has 0 bridgehead atoms. The van der Waals surface area contributed by atoms with Crippen LogP contribution in [0.1, 0.15) is 22.0 Å². The van der Waals surface area contributed by atoms with Gasteiger partial charge in [0.2, 0.25) is 11.6 Å². The summed E-state index contributed by atoms with van der Waals surface area (Å²) in [7, 11) is 0. The number of ether oxygens (including phenoxy) is 1. The number of furan rings is 1. The van der Waals surface area contributed by atoms with E-state index in [9.17, 15) is 4.79 Å². The zero-order chi connectivity index (χ0) is 13.9. The van der Waals surface area contributed by atoms with E-state index in [1.165, 1.54) is 17.6 Å². The molecule has 3 heterocycles. The predicted molar refractivity (Wildman–Crippen MR) is 70.2 cm³/mol. The topological polar surface area (TPSA) is 78.4 Å². The zero-order valence-corrected chi connectivity index (χ0v) is 11.3. The maximum atomic E-state index is 11.7. The second-order valence-corrected chi connectivity index (χ2v) is 4.95. The van der Waals surface area contributed by atoms with Crippen LogP contribution in [-0.4, -0.2) is 16.1 Å². The van der Waals surface area contributed by atoms with Crippen LogP contribution in [0.15, 0.2) is 38.8 Å². The molecule has 20 heavy (non-hydrogen) atoms. The average Bonchev–Trinajstić information content (AvgIpc) is 3.16. The first-order valence-corrected chi connectivity index (χ1v) is 6.69. The molecule has 0 unspecified atom stereocenters. The van der Waals surface area contributed by atoms with Gasteiger partial charge in [-0.3, -0.25) is 0 Å². The fourth-order valence-corrected chi connectivity index (χ4v) is 2.24. The number of carbonyl (C=O) groups is 1. The van der Waals surface area contributed by atoms with Crippen molar-refractivity contribution in [1.82, 2.24) is 10.1 Å². The number of carbonyl (C=O) groups excluding carboxylic acids is 1. The Morgan fingerprint density at radius 2 is 2.35 bits per heavy atom. The van der Waals surface area contributed by atoms with Gasteiger partial charge in [0, 0.05) is 5.56 Å². The lowest BCUT2D eigenvalue weighted by Crippen LogP contribution is -2.05. The summed E-state index contributed by atoms with van der Waals surface area (Å²) in [6.45, 7) is 1.68. The first kappa shape index (κ1) is 12.6. The van der Waals surface area contributed by atoms with Crippen LogP contribution in [0.3, 0.4) is 0 Å². The Balaban J connectivity index is 1.65. The van der Waals surface area contributed by atoms with Gasteiger partial charge in [0.25, 0.3) is 5.89 Å². The summed E-state index contributed by atoms with van der Waals surface area (Å²) >= 11 is 1.51. The Kier molecular flexibility index (Phi) is 3.34. The fourth-order valence-electron chi connectivity index (χ4n) is 1.59. The largest absolute Gasteiger partial charge is 0.457 e. The Morgan fingerprint density at radius 3 is 3.05 bits per heavy atom. The Morgan fingerprint density at radius 1 is 1.45 bits per heavy atom. The Hall–Kier alpha value is -2.41. The molecule has 0 amide bonds. The van der Waals surface area contributed by atoms with Crippen molar-refractivity contribution in [3.63, 3.8) is 0 Å². The lowest BCUT2D eigenvalue weighted by atomic mass is 10.3. The van der Waals surface area contributed by atoms with E-state index < -0.39 is 5.97 Å². The third-order valence-corrected chi connectivity index (χ3v) is 3.45. The van der Waals surface area contributed by atoms with E-state index in [0.29, 0.717) is 5.82 Å². The van der Waals surface area contributed by atoms with Crippen LogP contribution >= 0.6 is 11.3 Å². The minimum atomic E-state index is -0.552. The summed E-state index contributed by atoms with van der Waals surface area (Å²) in [6.07, 6.45) is 1.44. The van der Waals surface area contributed by atoms with E-state index in [-0.39, 0.29) is 18.3 Å². The summed E-state index contributed by atoms with van der Waals surface area (Å²) in [5, 5.41) is 5.75. The average molecular weight is 290 g/mol. The molecule has 102 valence electrons. The van der Waals surface area contributed by atoms with Gasteiger partial charge in [-0.1, -0.05) is 11.2 Å². The minimum absolute atomic E-state index is 0.0860. The van der Waals surface area contributed by atoms with Crippen LogP contribution in [0.2, 0.25) is 0 Å². The number of aromatic nitrogens is 2. The van der Waals surface area contributed by atoms with Crippen LogP contribution in [0.25, 0.3) is 10.7 Å². The predicted octanol–water partition coefficient (Wildman–Crippen LogP) is 3.06. The summed E-state index contributed by atoms with van der Waals surface area (Å²) in [5.41, 5.74) is 0.722. The van der Waals surface area contributed by atoms with Gasteiger partial charge < -0.3 is 13.7 Å². The van der Waals surface area contributed by atoms with Crippen LogP contribution in [0, 0.1) is 6.92 Å². The molecule has 0 N–H and O–H groups in total. The van der Waals surface area contributed by atoms with Gasteiger partial charge in [-0.05, 0) is 24.4 Å². The first-order chi connectivity index (χ1) is 9.74. The maximum Gasteiger partial charge on any atom is 0.375 e. The minimum Gasteiger partial charge on any atom is -0.457 e. The highest BCUT2D eigenvalue weighted by molar-refractivity contribution is 7.13. The van der Waals surface area contributed by atoms with Crippen LogP contribution < -0.4 is 0 Å². The number of aryl methyl sites for hydroxylation is 1. The SMILES string of the molecule is Cc1ccoc1C(=O)OCc1nc(-c2cccs2)no1. The number of hydrogen-bond donors (Lipinski definition) is 0. The lowest BCUT2D eigenvalue weighted by molar-refractivity contribution is 0.0392. The van der Waals surface area contributed by atoms with E-state index in [1.54, 1.807) is 13.0 Å². The third kappa shape index (κ3) is 2.48. The van der Waals surface area contributed by atoms with Crippen molar-refractivity contribution in [3.05, 3.63) is 47.1 Å². The summed E-state index contributed by atoms with van der Waals surface area (Å²) in [4.78, 5) is 16.8. The molecule has 0 aliphatic heterocycles. The molecule has 0 fully saturated rings. The van der Waals surface area contributed by atoms with Crippen LogP contribution in [-0.2, 0) is 11.3 Å². The molecule has 0 aliphatic rings. The summed E-state index contributed by atoms with van der Waals surface area (Å²) in [5.74, 6) is 0.359. The van der Waals surface area contributed by atoms with Crippen molar-refractivity contribution in [1.29, 1.82) is 0 Å². The van der Waals surface area contributed by atoms with Gasteiger partial charge in [-0.15, -0.1) is 11.3 Å². The number of nitrogens with zero attached hydrogens (tertiary/aromatic N) is 2. The van der Waals surface area contributed by atoms with Gasteiger partial charge in [0.15, 0.2) is 6.61 Å². The fraction of sp³-hybridized carbons (Fsp3) is 0.154. The van der Waals surface area contributed by atoms with Crippen molar-refractivity contribution in [2.75, 3.05) is 0 Å². The standard InChI is InChI=1S/C13H10N2O4S/c1-8-4-5-17-11(8)13(16)18-7-10-14-12(15-19-10)9-3-2-6-20-9/h2-6H,7H2,1H3. The molecule has 7 heteroatoms. The molecule has 0 radical (unpaired) electrons. The van der Waals surface area contributed by atoms with Crippen molar-refractivity contribution < 1.29 is 18.5 Å². The molecular weight excluding hydrogens is 280 g/mol. The highest BCUT2D eigenvalue weighted by Crippen LogP contribution is 2.21. The third-order valence-electron chi connectivity index (χ3n) is 2.58. The molecule has 0 saturated carbocycles. The zero-order valence-electron chi connectivity index (χ0n) is 10.5. The van der Waals surface area contributed by atoms with Gasteiger partial charge >= 0.3 is 5.97 Å². The van der Waals surface area contributed by atoms with Crippen molar-refractivity contribution in [2.24, 2.45) is 0 Å². The lowest BCUT2D eigenvalue weighted by Gasteiger charge is -1.99. The van der Waals surface area contributed by atoms with Crippen LogP contribution in [0.5, 0.6) is 0 Å². The quantitative estimate of drug-likeness (QED) is 0.687. The normalized spacial score (nSPS) is 10.7. The molecule has 0 saturated heterocycles. The van der Waals surface area contributed by atoms with Crippen molar-refractivity contribution in [2.45, 2.75) is 13.5 Å². The second-order valence-electron chi connectivity index (χ2n) is 4.00. The van der Waals surface area contributed by atoms with E-state index in [4.69, 9.17) is 13.7 Å². The number of rotatable bonds is 4. The number of thiophene rings is 1. The Bertz CT molecular complexity index is 714. The molecule has 0 aliphatic carbocycles. The molecule has 3 aromatic heterocycles. The molecule has 3 rings (SSSR count). The monoisotopic (exact) mass is 290 g/mol. The second kappa shape index (κ2) is 5.30. The molecule has 0 atom stereocenters. The molecule has 6 nitrogen and oxygen atoms in total. The highest BCUT2D eigenvalue weighted by atomic mass is 32.1. The maximum absolute atomic E-state index is 11.7.